The molecule has 0 spiro atoms. The standard InChI is InChI=1S/C37H40O6/c1-35(2)42-33-32(40-24-27-19-21-31(39-3)22-20-27)23-36(25-38,34(33)43-35)26-41-37(28-13-7-4-8-14-28,29-15-9-5-10-16-29)30-17-11-6-12-18-30/h4-22,32-34,38H,23-26H2,1-3H3/t32-,33-,34-,36-/m0/s1. The van der Waals surface area contributed by atoms with Crippen LogP contribution in [0, 0.1) is 5.41 Å². The Hall–Kier alpha value is -3.52. The molecule has 224 valence electrons. The van der Waals surface area contributed by atoms with E-state index in [4.69, 9.17) is 23.7 Å². The van der Waals surface area contributed by atoms with E-state index in [1.54, 1.807) is 7.11 Å². The second-order valence-corrected chi connectivity index (χ2v) is 12.0. The Labute approximate surface area is 254 Å². The van der Waals surface area contributed by atoms with Crippen molar-refractivity contribution in [3.8, 4) is 5.75 Å². The maximum atomic E-state index is 11.1. The van der Waals surface area contributed by atoms with Crippen molar-refractivity contribution in [2.24, 2.45) is 5.41 Å². The lowest BCUT2D eigenvalue weighted by Gasteiger charge is -2.41. The Morgan fingerprint density at radius 2 is 1.30 bits per heavy atom. The van der Waals surface area contributed by atoms with Gasteiger partial charge in [-0.2, -0.15) is 0 Å². The molecule has 0 unspecified atom stereocenters. The zero-order chi connectivity index (χ0) is 29.9. The van der Waals surface area contributed by atoms with E-state index >= 15 is 0 Å². The van der Waals surface area contributed by atoms with E-state index in [2.05, 4.69) is 36.4 Å². The minimum Gasteiger partial charge on any atom is -0.497 e. The molecule has 1 heterocycles. The van der Waals surface area contributed by atoms with Gasteiger partial charge in [-0.25, -0.2) is 0 Å². The zero-order valence-corrected chi connectivity index (χ0v) is 25.0. The zero-order valence-electron chi connectivity index (χ0n) is 25.0. The van der Waals surface area contributed by atoms with Crippen molar-refractivity contribution in [1.29, 1.82) is 0 Å². The molecule has 1 aliphatic heterocycles. The molecule has 0 radical (unpaired) electrons. The van der Waals surface area contributed by atoms with E-state index in [-0.39, 0.29) is 25.4 Å². The lowest BCUT2D eigenvalue weighted by atomic mass is 9.79. The van der Waals surface area contributed by atoms with Crippen LogP contribution in [0.3, 0.4) is 0 Å². The molecule has 43 heavy (non-hydrogen) atoms. The van der Waals surface area contributed by atoms with Gasteiger partial charge >= 0.3 is 0 Å². The Kier molecular flexibility index (Phi) is 8.40. The Morgan fingerprint density at radius 1 is 0.767 bits per heavy atom. The van der Waals surface area contributed by atoms with E-state index in [0.29, 0.717) is 13.0 Å². The van der Waals surface area contributed by atoms with Gasteiger partial charge in [0.15, 0.2) is 5.79 Å². The molecular formula is C37H40O6. The van der Waals surface area contributed by atoms with Crippen molar-refractivity contribution in [3.63, 3.8) is 0 Å². The summed E-state index contributed by atoms with van der Waals surface area (Å²) in [6.45, 7) is 4.33. The third-order valence-corrected chi connectivity index (χ3v) is 8.76. The van der Waals surface area contributed by atoms with E-state index < -0.39 is 22.9 Å². The van der Waals surface area contributed by atoms with Gasteiger partial charge in [-0.1, -0.05) is 103 Å². The lowest BCUT2D eigenvalue weighted by molar-refractivity contribution is -0.192. The van der Waals surface area contributed by atoms with Crippen molar-refractivity contribution >= 4 is 0 Å². The predicted molar refractivity (Wildman–Crippen MR) is 165 cm³/mol. The average molecular weight is 581 g/mol. The number of methoxy groups -OCH3 is 1. The number of ether oxygens (including phenoxy) is 5. The van der Waals surface area contributed by atoms with Crippen molar-refractivity contribution < 1.29 is 28.8 Å². The maximum Gasteiger partial charge on any atom is 0.163 e. The van der Waals surface area contributed by atoms with Gasteiger partial charge in [-0.05, 0) is 54.7 Å². The molecule has 2 fully saturated rings. The van der Waals surface area contributed by atoms with Crippen LogP contribution >= 0.6 is 0 Å². The van der Waals surface area contributed by atoms with Crippen LogP contribution in [-0.4, -0.2) is 49.5 Å². The summed E-state index contributed by atoms with van der Waals surface area (Å²) in [5.41, 5.74) is 2.37. The first-order valence-corrected chi connectivity index (χ1v) is 14.9. The molecule has 6 heteroatoms. The van der Waals surface area contributed by atoms with Crippen molar-refractivity contribution in [1.82, 2.24) is 0 Å². The van der Waals surface area contributed by atoms with Crippen LogP contribution < -0.4 is 4.74 Å². The summed E-state index contributed by atoms with van der Waals surface area (Å²) in [4.78, 5) is 0. The van der Waals surface area contributed by atoms with Gasteiger partial charge in [-0.15, -0.1) is 0 Å². The second kappa shape index (κ2) is 12.2. The van der Waals surface area contributed by atoms with E-state index in [1.165, 1.54) is 0 Å². The first kappa shape index (κ1) is 29.5. The number of aliphatic hydroxyl groups excluding tert-OH is 1. The summed E-state index contributed by atoms with van der Waals surface area (Å²) in [5.74, 6) is -0.0121. The first-order valence-electron chi connectivity index (χ1n) is 14.9. The number of benzene rings is 4. The second-order valence-electron chi connectivity index (χ2n) is 12.0. The molecule has 4 aromatic rings. The Morgan fingerprint density at radius 3 is 1.79 bits per heavy atom. The molecule has 1 saturated heterocycles. The summed E-state index contributed by atoms with van der Waals surface area (Å²) in [6, 6.07) is 38.7. The van der Waals surface area contributed by atoms with Crippen LogP contribution in [0.1, 0.15) is 42.5 Å². The molecule has 1 N–H and O–H groups in total. The highest BCUT2D eigenvalue weighted by molar-refractivity contribution is 5.47. The largest absolute Gasteiger partial charge is 0.497 e. The average Bonchev–Trinajstić information content (AvgIpc) is 3.53. The monoisotopic (exact) mass is 580 g/mol. The smallest absolute Gasteiger partial charge is 0.163 e. The van der Waals surface area contributed by atoms with Gasteiger partial charge in [0.1, 0.15) is 17.5 Å². The number of rotatable bonds is 11. The fraction of sp³-hybridized carbons (Fsp3) is 0.351. The SMILES string of the molecule is COc1ccc(CO[C@H]2C[C@](CO)(COC(c3ccccc3)(c3ccccc3)c3ccccc3)[C@H]3OC(C)(C)O[C@@H]23)cc1. The normalized spacial score (nSPS) is 24.5. The highest BCUT2D eigenvalue weighted by Crippen LogP contribution is 2.52. The third kappa shape index (κ3) is 5.74. The molecule has 0 amide bonds. The Balaban J connectivity index is 1.35. The molecule has 2 aliphatic rings. The molecule has 0 aromatic heterocycles. The molecular weight excluding hydrogens is 540 g/mol. The molecule has 4 aromatic carbocycles. The summed E-state index contributed by atoms with van der Waals surface area (Å²) in [5, 5.41) is 11.1. The van der Waals surface area contributed by atoms with Gasteiger partial charge in [-0.3, -0.25) is 0 Å². The minimum absolute atomic E-state index is 0.134. The quantitative estimate of drug-likeness (QED) is 0.205. The van der Waals surface area contributed by atoms with Gasteiger partial charge in [0.2, 0.25) is 0 Å². The molecule has 4 atom stereocenters. The van der Waals surface area contributed by atoms with E-state index in [9.17, 15) is 5.11 Å². The number of hydrogen-bond acceptors (Lipinski definition) is 6. The van der Waals surface area contributed by atoms with Crippen LogP contribution in [0.5, 0.6) is 5.75 Å². The highest BCUT2D eigenvalue weighted by Gasteiger charge is 2.62. The van der Waals surface area contributed by atoms with Crippen LogP contribution in [0.25, 0.3) is 0 Å². The van der Waals surface area contributed by atoms with Crippen molar-refractivity contribution in [2.45, 2.75) is 56.6 Å². The van der Waals surface area contributed by atoms with Gasteiger partial charge < -0.3 is 28.8 Å². The third-order valence-electron chi connectivity index (χ3n) is 8.76. The molecule has 1 saturated carbocycles. The summed E-state index contributed by atoms with van der Waals surface area (Å²) in [6.07, 6.45) is -0.513. The molecule has 1 aliphatic carbocycles. The summed E-state index contributed by atoms with van der Waals surface area (Å²) in [7, 11) is 1.65. The van der Waals surface area contributed by atoms with Crippen molar-refractivity contribution in [3.05, 3.63) is 138 Å². The van der Waals surface area contributed by atoms with Crippen molar-refractivity contribution in [2.75, 3.05) is 20.3 Å². The number of aliphatic hydroxyl groups is 1. The maximum absolute atomic E-state index is 11.1. The van der Waals surface area contributed by atoms with Crippen LogP contribution in [0.4, 0.5) is 0 Å². The van der Waals surface area contributed by atoms with Gasteiger partial charge in [0.05, 0.1) is 39.1 Å². The highest BCUT2D eigenvalue weighted by atomic mass is 16.8. The van der Waals surface area contributed by atoms with Gasteiger partial charge in [0.25, 0.3) is 0 Å². The topological polar surface area (TPSA) is 66.4 Å². The molecule has 6 rings (SSSR count). The molecule has 0 bridgehead atoms. The van der Waals surface area contributed by atoms with Crippen LogP contribution in [0.15, 0.2) is 115 Å². The fourth-order valence-electron chi connectivity index (χ4n) is 6.61. The summed E-state index contributed by atoms with van der Waals surface area (Å²) < 4.78 is 31.9. The van der Waals surface area contributed by atoms with Gasteiger partial charge in [0, 0.05) is 5.41 Å². The number of hydrogen-bond donors (Lipinski definition) is 1. The number of fused-ring (bicyclic) bond motifs is 1. The lowest BCUT2D eigenvalue weighted by Crippen LogP contribution is -2.45. The first-order chi connectivity index (χ1) is 20.9. The Bertz CT molecular complexity index is 1360. The van der Waals surface area contributed by atoms with Crippen LogP contribution in [-0.2, 0) is 31.2 Å². The minimum atomic E-state index is -0.918. The van der Waals surface area contributed by atoms with E-state index in [0.717, 1.165) is 28.0 Å². The van der Waals surface area contributed by atoms with Crippen LogP contribution in [0.2, 0.25) is 0 Å². The summed E-state index contributed by atoms with van der Waals surface area (Å²) >= 11 is 0. The predicted octanol–water partition coefficient (Wildman–Crippen LogP) is 6.49. The molecule has 6 nitrogen and oxygen atoms in total. The fourth-order valence-corrected chi connectivity index (χ4v) is 6.61. The van der Waals surface area contributed by atoms with E-state index in [1.807, 2.05) is 92.7 Å².